The van der Waals surface area contributed by atoms with Gasteiger partial charge in [-0.3, -0.25) is 0 Å². The molecule has 1 aromatic rings. The number of aliphatic hydroxyl groups is 3. The van der Waals surface area contributed by atoms with Crippen molar-refractivity contribution in [3.63, 3.8) is 0 Å². The summed E-state index contributed by atoms with van der Waals surface area (Å²) in [6.07, 6.45) is 4.22. The molecule has 5 heteroatoms. The zero-order chi connectivity index (χ0) is 10.4. The van der Waals surface area contributed by atoms with Crippen LogP contribution in [-0.2, 0) is 19.5 Å². The summed E-state index contributed by atoms with van der Waals surface area (Å²) in [6.45, 7) is 1.26. The molecule has 14 heavy (non-hydrogen) atoms. The topological polar surface area (TPSA) is 69.5 Å². The van der Waals surface area contributed by atoms with Gasteiger partial charge in [0, 0.05) is 0 Å². The quantitative estimate of drug-likeness (QED) is 0.480. The summed E-state index contributed by atoms with van der Waals surface area (Å²) in [7, 11) is 0. The molecule has 0 amide bonds. The zero-order valence-electron chi connectivity index (χ0n) is 8.13. The van der Waals surface area contributed by atoms with Gasteiger partial charge >= 0.3 is 0 Å². The fraction of sp³-hybridized carbons (Fsp3) is 0.667. The summed E-state index contributed by atoms with van der Waals surface area (Å²) < 4.78 is 3.76. The molecule has 0 fully saturated rings. The molecule has 0 aliphatic carbocycles. The number of nitrogens with zero attached hydrogens (tertiary/aromatic N) is 2. The predicted octanol–water partition coefficient (Wildman–Crippen LogP) is -1.70. The number of imidazole rings is 1. The third-order valence-electron chi connectivity index (χ3n) is 2.11. The van der Waals surface area contributed by atoms with Gasteiger partial charge in [-0.1, -0.05) is 0 Å². The van der Waals surface area contributed by atoms with Crippen LogP contribution in [0.15, 0.2) is 12.4 Å². The fourth-order valence-electron chi connectivity index (χ4n) is 1.51. The highest BCUT2D eigenvalue weighted by Gasteiger charge is 2.15. The molecule has 3 N–H and O–H groups in total. The molecule has 0 saturated carbocycles. The SMILES string of the molecule is OCCc1n(CCO)cc[n+]1CCO. The van der Waals surface area contributed by atoms with E-state index in [0.717, 1.165) is 5.82 Å². The maximum atomic E-state index is 8.87. The maximum Gasteiger partial charge on any atom is 0.258 e. The van der Waals surface area contributed by atoms with Crippen LogP contribution in [0.3, 0.4) is 0 Å². The molecule has 0 aliphatic heterocycles. The number of hydrogen-bond acceptors (Lipinski definition) is 3. The predicted molar refractivity (Wildman–Crippen MR) is 49.6 cm³/mol. The summed E-state index contributed by atoms with van der Waals surface area (Å²) in [5, 5.41) is 26.5. The molecule has 0 aromatic carbocycles. The van der Waals surface area contributed by atoms with Crippen molar-refractivity contribution in [2.24, 2.45) is 0 Å². The zero-order valence-corrected chi connectivity index (χ0v) is 8.13. The summed E-state index contributed by atoms with van der Waals surface area (Å²) >= 11 is 0. The Kier molecular flexibility index (Phi) is 4.58. The van der Waals surface area contributed by atoms with E-state index in [2.05, 4.69) is 0 Å². The Hall–Kier alpha value is -0.910. The van der Waals surface area contributed by atoms with Crippen molar-refractivity contribution < 1.29 is 19.9 Å². The third kappa shape index (κ3) is 2.54. The fourth-order valence-corrected chi connectivity index (χ4v) is 1.51. The second kappa shape index (κ2) is 5.74. The van der Waals surface area contributed by atoms with Crippen molar-refractivity contribution in [2.45, 2.75) is 19.5 Å². The molecule has 1 rings (SSSR count). The van der Waals surface area contributed by atoms with Gasteiger partial charge in [0.15, 0.2) is 0 Å². The molecule has 0 spiro atoms. The summed E-state index contributed by atoms with van der Waals surface area (Å²) in [6, 6.07) is 0. The lowest BCUT2D eigenvalue weighted by molar-refractivity contribution is -0.705. The van der Waals surface area contributed by atoms with Crippen molar-refractivity contribution in [3.8, 4) is 0 Å². The Morgan fingerprint density at radius 1 is 1.14 bits per heavy atom. The maximum absolute atomic E-state index is 8.87. The smallest absolute Gasteiger partial charge is 0.258 e. The standard InChI is InChI=1S/C9H17N2O3/c12-6-1-9-10(4-7-13)2-3-11(9)5-8-14/h2-3,12-14H,1,4-8H2/q+1. The third-order valence-corrected chi connectivity index (χ3v) is 2.11. The normalized spacial score (nSPS) is 10.8. The number of hydrogen-bond donors (Lipinski definition) is 3. The van der Waals surface area contributed by atoms with E-state index in [1.807, 2.05) is 21.5 Å². The van der Waals surface area contributed by atoms with Gasteiger partial charge < -0.3 is 15.3 Å². The van der Waals surface area contributed by atoms with Gasteiger partial charge in [-0.05, 0) is 0 Å². The lowest BCUT2D eigenvalue weighted by Crippen LogP contribution is -2.39. The number of aromatic nitrogens is 2. The molecule has 0 aliphatic rings. The van der Waals surface area contributed by atoms with Gasteiger partial charge in [0.1, 0.15) is 25.5 Å². The van der Waals surface area contributed by atoms with E-state index in [-0.39, 0.29) is 19.8 Å². The van der Waals surface area contributed by atoms with E-state index in [1.165, 1.54) is 0 Å². The van der Waals surface area contributed by atoms with Crippen molar-refractivity contribution in [2.75, 3.05) is 19.8 Å². The van der Waals surface area contributed by atoms with E-state index in [0.29, 0.717) is 19.5 Å². The summed E-state index contributed by atoms with van der Waals surface area (Å²) in [5.74, 6) is 0.926. The first-order valence-corrected chi connectivity index (χ1v) is 4.73. The molecule has 0 atom stereocenters. The Balaban J connectivity index is 2.82. The molecule has 1 aromatic heterocycles. The minimum absolute atomic E-state index is 0.0703. The van der Waals surface area contributed by atoms with Crippen LogP contribution in [0, 0.1) is 0 Å². The molecular weight excluding hydrogens is 184 g/mol. The molecule has 0 bridgehead atoms. The van der Waals surface area contributed by atoms with Crippen molar-refractivity contribution in [1.82, 2.24) is 4.57 Å². The Morgan fingerprint density at radius 2 is 1.93 bits per heavy atom. The van der Waals surface area contributed by atoms with Gasteiger partial charge in [0.25, 0.3) is 5.82 Å². The van der Waals surface area contributed by atoms with Gasteiger partial charge in [0.2, 0.25) is 0 Å². The van der Waals surface area contributed by atoms with Gasteiger partial charge in [-0.25, -0.2) is 9.13 Å². The highest BCUT2D eigenvalue weighted by molar-refractivity contribution is 4.84. The summed E-state index contributed by atoms with van der Waals surface area (Å²) in [4.78, 5) is 0. The van der Waals surface area contributed by atoms with Crippen LogP contribution >= 0.6 is 0 Å². The van der Waals surface area contributed by atoms with Crippen LogP contribution in [0.25, 0.3) is 0 Å². The molecule has 0 radical (unpaired) electrons. The van der Waals surface area contributed by atoms with Gasteiger partial charge in [-0.2, -0.15) is 0 Å². The lowest BCUT2D eigenvalue weighted by Gasteiger charge is -2.01. The first-order valence-electron chi connectivity index (χ1n) is 4.73. The average molecular weight is 201 g/mol. The highest BCUT2D eigenvalue weighted by atomic mass is 16.3. The molecule has 80 valence electrons. The minimum atomic E-state index is 0.0703. The van der Waals surface area contributed by atoms with Crippen LogP contribution in [0.5, 0.6) is 0 Å². The summed E-state index contributed by atoms with van der Waals surface area (Å²) in [5.41, 5.74) is 0. The van der Waals surface area contributed by atoms with Crippen molar-refractivity contribution >= 4 is 0 Å². The van der Waals surface area contributed by atoms with E-state index in [4.69, 9.17) is 15.3 Å². The molecule has 5 nitrogen and oxygen atoms in total. The Labute approximate surface area is 82.9 Å². The average Bonchev–Trinajstić information content (AvgIpc) is 2.52. The van der Waals surface area contributed by atoms with Crippen LogP contribution in [0.4, 0.5) is 0 Å². The Bertz CT molecular complexity index is 250. The molecule has 1 heterocycles. The van der Waals surface area contributed by atoms with E-state index >= 15 is 0 Å². The number of rotatable bonds is 6. The highest BCUT2D eigenvalue weighted by Crippen LogP contribution is 1.96. The van der Waals surface area contributed by atoms with Crippen LogP contribution < -0.4 is 4.57 Å². The molecule has 0 saturated heterocycles. The number of aliphatic hydroxyl groups excluding tert-OH is 3. The van der Waals surface area contributed by atoms with Gasteiger partial charge in [0.05, 0.1) is 26.2 Å². The van der Waals surface area contributed by atoms with Gasteiger partial charge in [-0.15, -0.1) is 0 Å². The Morgan fingerprint density at radius 3 is 2.50 bits per heavy atom. The second-order valence-corrected chi connectivity index (χ2v) is 3.02. The van der Waals surface area contributed by atoms with E-state index in [9.17, 15) is 0 Å². The van der Waals surface area contributed by atoms with E-state index in [1.54, 1.807) is 0 Å². The first kappa shape index (κ1) is 11.2. The monoisotopic (exact) mass is 201 g/mol. The van der Waals surface area contributed by atoms with E-state index < -0.39 is 0 Å². The van der Waals surface area contributed by atoms with Crippen LogP contribution in [-0.4, -0.2) is 39.7 Å². The molecule has 0 unspecified atom stereocenters. The van der Waals surface area contributed by atoms with Crippen molar-refractivity contribution in [1.29, 1.82) is 0 Å². The first-order chi connectivity index (χ1) is 6.83. The minimum Gasteiger partial charge on any atom is -0.396 e. The van der Waals surface area contributed by atoms with Crippen molar-refractivity contribution in [3.05, 3.63) is 18.2 Å². The second-order valence-electron chi connectivity index (χ2n) is 3.02. The van der Waals surface area contributed by atoms with Crippen LogP contribution in [0.2, 0.25) is 0 Å². The lowest BCUT2D eigenvalue weighted by atomic mass is 10.4. The van der Waals surface area contributed by atoms with Crippen LogP contribution in [0.1, 0.15) is 5.82 Å². The largest absolute Gasteiger partial charge is 0.396 e. The molecular formula is C9H17N2O3+.